The van der Waals surface area contributed by atoms with Crippen molar-refractivity contribution in [3.05, 3.63) is 40.5 Å². The van der Waals surface area contributed by atoms with Crippen LogP contribution in [0.2, 0.25) is 5.02 Å². The molecule has 7 heteroatoms. The van der Waals surface area contributed by atoms with Gasteiger partial charge in [-0.3, -0.25) is 0 Å². The Morgan fingerprint density at radius 2 is 2.35 bits per heavy atom. The van der Waals surface area contributed by atoms with Crippen LogP contribution in [-0.2, 0) is 4.74 Å². The summed E-state index contributed by atoms with van der Waals surface area (Å²) in [6.07, 6.45) is 0. The van der Waals surface area contributed by atoms with Gasteiger partial charge in [-0.25, -0.2) is 9.48 Å². The SMILES string of the molecule is CCOC(=O)c1nn(-c2cccc(Cl)c2)c(N)c1C#N. The number of nitriles is 1. The Morgan fingerprint density at radius 3 is 2.95 bits per heavy atom. The Morgan fingerprint density at radius 1 is 1.60 bits per heavy atom. The maximum atomic E-state index is 11.8. The van der Waals surface area contributed by atoms with Crippen molar-refractivity contribution in [3.8, 4) is 11.8 Å². The first-order valence-corrected chi connectivity index (χ1v) is 6.18. The number of nitrogens with two attached hydrogens (primary N) is 1. The van der Waals surface area contributed by atoms with E-state index in [0.717, 1.165) is 0 Å². The number of anilines is 1. The highest BCUT2D eigenvalue weighted by Gasteiger charge is 2.23. The van der Waals surface area contributed by atoms with Gasteiger partial charge in [-0.1, -0.05) is 17.7 Å². The van der Waals surface area contributed by atoms with E-state index in [1.807, 2.05) is 6.07 Å². The van der Waals surface area contributed by atoms with Crippen molar-refractivity contribution in [2.24, 2.45) is 0 Å². The van der Waals surface area contributed by atoms with Gasteiger partial charge < -0.3 is 10.5 Å². The normalized spacial score (nSPS) is 10.1. The molecule has 1 heterocycles. The molecule has 0 atom stereocenters. The summed E-state index contributed by atoms with van der Waals surface area (Å²) in [6, 6.07) is 8.62. The Kier molecular flexibility index (Phi) is 3.91. The number of carbonyl (C=O) groups excluding carboxylic acids is 1. The van der Waals surface area contributed by atoms with Crippen molar-refractivity contribution < 1.29 is 9.53 Å². The Balaban J connectivity index is 2.57. The number of hydrogen-bond donors (Lipinski definition) is 1. The molecule has 0 aliphatic carbocycles. The lowest BCUT2D eigenvalue weighted by atomic mass is 10.2. The fourth-order valence-electron chi connectivity index (χ4n) is 1.69. The zero-order valence-electron chi connectivity index (χ0n) is 10.6. The number of esters is 1. The second-order valence-corrected chi connectivity index (χ2v) is 4.27. The number of rotatable bonds is 3. The molecule has 0 aliphatic rings. The molecule has 2 aromatic rings. The summed E-state index contributed by atoms with van der Waals surface area (Å²) < 4.78 is 6.14. The molecule has 20 heavy (non-hydrogen) atoms. The highest BCUT2D eigenvalue weighted by atomic mass is 35.5. The van der Waals surface area contributed by atoms with Gasteiger partial charge in [-0.05, 0) is 25.1 Å². The van der Waals surface area contributed by atoms with E-state index in [9.17, 15) is 4.79 Å². The largest absolute Gasteiger partial charge is 0.461 e. The average molecular weight is 291 g/mol. The van der Waals surface area contributed by atoms with Crippen molar-refractivity contribution >= 4 is 23.4 Å². The second kappa shape index (κ2) is 5.63. The van der Waals surface area contributed by atoms with Crippen molar-refractivity contribution in [3.63, 3.8) is 0 Å². The minimum Gasteiger partial charge on any atom is -0.461 e. The first-order chi connectivity index (χ1) is 9.58. The van der Waals surface area contributed by atoms with Crippen molar-refractivity contribution in [2.75, 3.05) is 12.3 Å². The number of benzene rings is 1. The van der Waals surface area contributed by atoms with Crippen molar-refractivity contribution in [1.29, 1.82) is 5.26 Å². The van der Waals surface area contributed by atoms with Gasteiger partial charge in [0.2, 0.25) is 0 Å². The van der Waals surface area contributed by atoms with Crippen LogP contribution in [0.3, 0.4) is 0 Å². The summed E-state index contributed by atoms with van der Waals surface area (Å²) in [6.45, 7) is 1.86. The van der Waals surface area contributed by atoms with Crippen LogP contribution < -0.4 is 5.73 Å². The van der Waals surface area contributed by atoms with Gasteiger partial charge in [0, 0.05) is 5.02 Å². The minimum atomic E-state index is -0.684. The molecule has 0 radical (unpaired) electrons. The number of ether oxygens (including phenoxy) is 1. The molecule has 0 aliphatic heterocycles. The third-order valence-electron chi connectivity index (χ3n) is 2.55. The number of nitrogen functional groups attached to an aromatic ring is 1. The fourth-order valence-corrected chi connectivity index (χ4v) is 1.87. The van der Waals surface area contributed by atoms with Gasteiger partial charge >= 0.3 is 5.97 Å². The topological polar surface area (TPSA) is 93.9 Å². The monoisotopic (exact) mass is 290 g/mol. The van der Waals surface area contributed by atoms with E-state index in [1.54, 1.807) is 31.2 Å². The van der Waals surface area contributed by atoms with Crippen molar-refractivity contribution in [2.45, 2.75) is 6.92 Å². The summed E-state index contributed by atoms with van der Waals surface area (Å²) in [5.74, 6) is -0.616. The van der Waals surface area contributed by atoms with Crippen LogP contribution in [0.5, 0.6) is 0 Å². The molecule has 2 rings (SSSR count). The van der Waals surface area contributed by atoms with E-state index in [1.165, 1.54) is 4.68 Å². The van der Waals surface area contributed by atoms with Gasteiger partial charge in [-0.15, -0.1) is 0 Å². The zero-order valence-corrected chi connectivity index (χ0v) is 11.4. The third-order valence-corrected chi connectivity index (χ3v) is 2.79. The van der Waals surface area contributed by atoms with Crippen LogP contribution in [0.15, 0.2) is 24.3 Å². The van der Waals surface area contributed by atoms with Crippen LogP contribution in [0.1, 0.15) is 23.0 Å². The van der Waals surface area contributed by atoms with E-state index < -0.39 is 5.97 Å². The van der Waals surface area contributed by atoms with Gasteiger partial charge in [0.25, 0.3) is 0 Å². The molecular weight excluding hydrogens is 280 g/mol. The molecule has 0 unspecified atom stereocenters. The first kappa shape index (κ1) is 13.9. The van der Waals surface area contributed by atoms with Gasteiger partial charge in [0.05, 0.1) is 12.3 Å². The summed E-state index contributed by atoms with van der Waals surface area (Å²) in [4.78, 5) is 11.8. The molecule has 0 saturated heterocycles. The molecule has 102 valence electrons. The number of aromatic nitrogens is 2. The Hall–Kier alpha value is -2.52. The standard InChI is InChI=1S/C13H11ClN4O2/c1-2-20-13(19)11-10(7-15)12(16)18(17-11)9-5-3-4-8(14)6-9/h3-6H,2,16H2,1H3. The molecule has 2 N–H and O–H groups in total. The van der Waals surface area contributed by atoms with E-state index in [4.69, 9.17) is 27.3 Å². The Bertz CT molecular complexity index is 703. The molecule has 0 amide bonds. The molecule has 1 aromatic heterocycles. The summed E-state index contributed by atoms with van der Waals surface area (Å²) in [5.41, 5.74) is 6.30. The van der Waals surface area contributed by atoms with Gasteiger partial charge in [0.15, 0.2) is 5.69 Å². The molecule has 1 aromatic carbocycles. The molecule has 6 nitrogen and oxygen atoms in total. The maximum Gasteiger partial charge on any atom is 0.360 e. The van der Waals surface area contributed by atoms with E-state index >= 15 is 0 Å². The lowest BCUT2D eigenvalue weighted by molar-refractivity contribution is 0.0518. The van der Waals surface area contributed by atoms with Crippen molar-refractivity contribution in [1.82, 2.24) is 9.78 Å². The Labute approximate surface area is 120 Å². The number of halogens is 1. The van der Waals surface area contributed by atoms with Crippen LogP contribution in [0.4, 0.5) is 5.82 Å². The first-order valence-electron chi connectivity index (χ1n) is 5.80. The predicted molar refractivity (Wildman–Crippen MR) is 73.7 cm³/mol. The van der Waals surface area contributed by atoms with Gasteiger partial charge in [0.1, 0.15) is 17.5 Å². The summed E-state index contributed by atoms with van der Waals surface area (Å²) in [5, 5.41) is 13.7. The van der Waals surface area contributed by atoms with E-state index in [-0.39, 0.29) is 23.7 Å². The molecule has 0 bridgehead atoms. The predicted octanol–water partition coefficient (Wildman–Crippen LogP) is 2.16. The zero-order chi connectivity index (χ0) is 14.7. The van der Waals surface area contributed by atoms with Gasteiger partial charge in [-0.2, -0.15) is 10.4 Å². The van der Waals surface area contributed by atoms with E-state index in [2.05, 4.69) is 5.10 Å². The molecular formula is C13H11ClN4O2. The lowest BCUT2D eigenvalue weighted by Crippen LogP contribution is -2.08. The highest BCUT2D eigenvalue weighted by molar-refractivity contribution is 6.30. The minimum absolute atomic E-state index is 0.0107. The summed E-state index contributed by atoms with van der Waals surface area (Å²) >= 11 is 5.90. The van der Waals surface area contributed by atoms with Crippen LogP contribution >= 0.6 is 11.6 Å². The smallest absolute Gasteiger partial charge is 0.360 e. The quantitative estimate of drug-likeness (QED) is 0.874. The number of hydrogen-bond acceptors (Lipinski definition) is 5. The number of carbonyl (C=O) groups is 1. The van der Waals surface area contributed by atoms with Crippen LogP contribution in [-0.4, -0.2) is 22.4 Å². The third kappa shape index (κ3) is 2.44. The molecule has 0 fully saturated rings. The fraction of sp³-hybridized carbons (Fsp3) is 0.154. The summed E-state index contributed by atoms with van der Waals surface area (Å²) in [7, 11) is 0. The maximum absolute atomic E-state index is 11.8. The lowest BCUT2D eigenvalue weighted by Gasteiger charge is -2.03. The molecule has 0 saturated carbocycles. The average Bonchev–Trinajstić information content (AvgIpc) is 2.76. The second-order valence-electron chi connectivity index (χ2n) is 3.83. The van der Waals surface area contributed by atoms with Crippen LogP contribution in [0, 0.1) is 11.3 Å². The van der Waals surface area contributed by atoms with Crippen LogP contribution in [0.25, 0.3) is 5.69 Å². The molecule has 0 spiro atoms. The van der Waals surface area contributed by atoms with E-state index in [0.29, 0.717) is 10.7 Å². The number of nitrogens with zero attached hydrogens (tertiary/aromatic N) is 3. The highest BCUT2D eigenvalue weighted by Crippen LogP contribution is 2.22.